The van der Waals surface area contributed by atoms with Crippen LogP contribution in [0.3, 0.4) is 0 Å². The molecule has 0 bridgehead atoms. The molecule has 5 heteroatoms. The monoisotopic (exact) mass is 288 g/mol. The van der Waals surface area contributed by atoms with Gasteiger partial charge in [-0.25, -0.2) is 4.98 Å². The van der Waals surface area contributed by atoms with Crippen LogP contribution in [-0.4, -0.2) is 16.5 Å². The Balaban J connectivity index is 1.76. The maximum atomic E-state index is 5.93. The second-order valence-corrected chi connectivity index (χ2v) is 4.72. The van der Waals surface area contributed by atoms with Gasteiger partial charge in [-0.2, -0.15) is 0 Å². The number of nitrogens with zero attached hydrogens (tertiary/aromatic N) is 2. The number of methoxy groups -OCH3 is 1. The Hall–Kier alpha value is -2.20. The standard InChI is InChI=1S/C15H13ClN2O2/c1-19-13-2-4-14(5-3-13)20-10-12-9-17-15-8-11(16)6-7-18(12)15/h2-9H,10H2,1H3. The van der Waals surface area contributed by atoms with E-state index < -0.39 is 0 Å². The van der Waals surface area contributed by atoms with Crippen LogP contribution in [0.4, 0.5) is 0 Å². The third-order valence-electron chi connectivity index (χ3n) is 3.00. The number of fused-ring (bicyclic) bond motifs is 1. The van der Waals surface area contributed by atoms with E-state index in [1.165, 1.54) is 0 Å². The van der Waals surface area contributed by atoms with Gasteiger partial charge in [0.25, 0.3) is 0 Å². The second kappa shape index (κ2) is 5.43. The van der Waals surface area contributed by atoms with Gasteiger partial charge in [0, 0.05) is 11.2 Å². The first kappa shape index (κ1) is 12.8. The third-order valence-corrected chi connectivity index (χ3v) is 3.23. The van der Waals surface area contributed by atoms with E-state index in [9.17, 15) is 0 Å². The van der Waals surface area contributed by atoms with Crippen LogP contribution in [0.25, 0.3) is 5.65 Å². The SMILES string of the molecule is COc1ccc(OCc2cnc3cc(Cl)ccn23)cc1. The first-order valence-electron chi connectivity index (χ1n) is 6.14. The first-order valence-corrected chi connectivity index (χ1v) is 6.52. The van der Waals surface area contributed by atoms with Gasteiger partial charge in [0.2, 0.25) is 0 Å². The van der Waals surface area contributed by atoms with Gasteiger partial charge in [-0.1, -0.05) is 11.6 Å². The van der Waals surface area contributed by atoms with Crippen molar-refractivity contribution in [3.63, 3.8) is 0 Å². The van der Waals surface area contributed by atoms with Crippen LogP contribution < -0.4 is 9.47 Å². The van der Waals surface area contributed by atoms with Gasteiger partial charge in [0.15, 0.2) is 0 Å². The molecule has 4 nitrogen and oxygen atoms in total. The summed E-state index contributed by atoms with van der Waals surface area (Å²) in [5, 5.41) is 0.672. The molecule has 0 fully saturated rings. The summed E-state index contributed by atoms with van der Waals surface area (Å²) in [7, 11) is 1.64. The fourth-order valence-electron chi connectivity index (χ4n) is 1.94. The lowest BCUT2D eigenvalue weighted by Gasteiger charge is -2.07. The fraction of sp³-hybridized carbons (Fsp3) is 0.133. The Morgan fingerprint density at radius 1 is 1.15 bits per heavy atom. The summed E-state index contributed by atoms with van der Waals surface area (Å²) in [5.74, 6) is 1.59. The number of ether oxygens (including phenoxy) is 2. The Bertz CT molecular complexity index is 722. The van der Waals surface area contributed by atoms with Crippen LogP contribution in [0.15, 0.2) is 48.8 Å². The van der Waals surface area contributed by atoms with Crippen LogP contribution in [-0.2, 0) is 6.61 Å². The summed E-state index contributed by atoms with van der Waals surface area (Å²) in [6, 6.07) is 11.1. The van der Waals surface area contributed by atoms with E-state index in [1.807, 2.05) is 47.0 Å². The van der Waals surface area contributed by atoms with Crippen molar-refractivity contribution in [2.24, 2.45) is 0 Å². The molecular formula is C15H13ClN2O2. The lowest BCUT2D eigenvalue weighted by atomic mass is 10.3. The maximum absolute atomic E-state index is 5.93. The van der Waals surface area contributed by atoms with Gasteiger partial charge in [-0.3, -0.25) is 0 Å². The number of hydrogen-bond donors (Lipinski definition) is 0. The Morgan fingerprint density at radius 2 is 1.90 bits per heavy atom. The van der Waals surface area contributed by atoms with Crippen LogP contribution in [0, 0.1) is 0 Å². The van der Waals surface area contributed by atoms with E-state index in [-0.39, 0.29) is 0 Å². The molecule has 2 aromatic heterocycles. The van der Waals surface area contributed by atoms with Crippen molar-refractivity contribution in [3.8, 4) is 11.5 Å². The van der Waals surface area contributed by atoms with Gasteiger partial charge in [0.05, 0.1) is 19.0 Å². The molecule has 3 aromatic rings. The Labute approximate surface area is 121 Å². The van der Waals surface area contributed by atoms with E-state index in [0.29, 0.717) is 11.6 Å². The van der Waals surface area contributed by atoms with Crippen LogP contribution in [0.2, 0.25) is 5.02 Å². The summed E-state index contributed by atoms with van der Waals surface area (Å²) < 4.78 is 12.8. The summed E-state index contributed by atoms with van der Waals surface area (Å²) in [4.78, 5) is 4.30. The van der Waals surface area contributed by atoms with Crippen molar-refractivity contribution in [2.75, 3.05) is 7.11 Å². The highest BCUT2D eigenvalue weighted by molar-refractivity contribution is 6.30. The molecule has 102 valence electrons. The van der Waals surface area contributed by atoms with Crippen LogP contribution in [0.5, 0.6) is 11.5 Å². The molecule has 1 aromatic carbocycles. The quantitative estimate of drug-likeness (QED) is 0.736. The Kier molecular flexibility index (Phi) is 3.48. The molecule has 3 rings (SSSR count). The van der Waals surface area contributed by atoms with Crippen molar-refractivity contribution in [1.29, 1.82) is 0 Å². The van der Waals surface area contributed by atoms with Gasteiger partial charge >= 0.3 is 0 Å². The number of aromatic nitrogens is 2. The molecule has 0 saturated carbocycles. The predicted molar refractivity (Wildman–Crippen MR) is 77.5 cm³/mol. The average molecular weight is 289 g/mol. The summed E-state index contributed by atoms with van der Waals surface area (Å²) >= 11 is 5.93. The Morgan fingerprint density at radius 3 is 2.65 bits per heavy atom. The van der Waals surface area contributed by atoms with Crippen molar-refractivity contribution in [3.05, 3.63) is 59.5 Å². The highest BCUT2D eigenvalue weighted by Gasteiger charge is 2.04. The topological polar surface area (TPSA) is 35.8 Å². The number of halogens is 1. The second-order valence-electron chi connectivity index (χ2n) is 4.29. The minimum absolute atomic E-state index is 0.440. The highest BCUT2D eigenvalue weighted by atomic mass is 35.5. The molecule has 0 aliphatic carbocycles. The molecule has 2 heterocycles. The summed E-state index contributed by atoms with van der Waals surface area (Å²) in [6.45, 7) is 0.440. The number of benzene rings is 1. The molecule has 20 heavy (non-hydrogen) atoms. The summed E-state index contributed by atoms with van der Waals surface area (Å²) in [5.41, 5.74) is 1.78. The zero-order valence-electron chi connectivity index (χ0n) is 10.9. The molecule has 0 unspecified atom stereocenters. The molecule has 0 saturated heterocycles. The smallest absolute Gasteiger partial charge is 0.138 e. The maximum Gasteiger partial charge on any atom is 0.138 e. The number of hydrogen-bond acceptors (Lipinski definition) is 3. The van der Waals surface area contributed by atoms with E-state index in [0.717, 1.165) is 22.8 Å². The van der Waals surface area contributed by atoms with Gasteiger partial charge in [-0.15, -0.1) is 0 Å². The molecule has 0 atom stereocenters. The van der Waals surface area contributed by atoms with E-state index in [4.69, 9.17) is 21.1 Å². The molecule has 0 spiro atoms. The van der Waals surface area contributed by atoms with E-state index in [2.05, 4.69) is 4.98 Å². The van der Waals surface area contributed by atoms with Gasteiger partial charge in [0.1, 0.15) is 23.8 Å². The minimum atomic E-state index is 0.440. The predicted octanol–water partition coefficient (Wildman–Crippen LogP) is 3.58. The van der Waals surface area contributed by atoms with E-state index in [1.54, 1.807) is 13.3 Å². The van der Waals surface area contributed by atoms with Crippen LogP contribution >= 0.6 is 11.6 Å². The number of rotatable bonds is 4. The lowest BCUT2D eigenvalue weighted by Crippen LogP contribution is -1.99. The van der Waals surface area contributed by atoms with Crippen LogP contribution in [0.1, 0.15) is 5.69 Å². The third kappa shape index (κ3) is 2.56. The van der Waals surface area contributed by atoms with Gasteiger partial charge in [-0.05, 0) is 36.4 Å². The van der Waals surface area contributed by atoms with Crippen molar-refractivity contribution in [2.45, 2.75) is 6.61 Å². The van der Waals surface area contributed by atoms with Crippen molar-refractivity contribution >= 4 is 17.2 Å². The largest absolute Gasteiger partial charge is 0.497 e. The molecule has 0 N–H and O–H groups in total. The first-order chi connectivity index (χ1) is 9.76. The highest BCUT2D eigenvalue weighted by Crippen LogP contribution is 2.19. The zero-order valence-corrected chi connectivity index (χ0v) is 11.7. The fourth-order valence-corrected chi connectivity index (χ4v) is 2.10. The summed E-state index contributed by atoms with van der Waals surface area (Å²) in [6.07, 6.45) is 3.67. The number of imidazole rings is 1. The van der Waals surface area contributed by atoms with Gasteiger partial charge < -0.3 is 13.9 Å². The molecule has 0 aliphatic heterocycles. The molecular weight excluding hydrogens is 276 g/mol. The van der Waals surface area contributed by atoms with Crippen molar-refractivity contribution < 1.29 is 9.47 Å². The van der Waals surface area contributed by atoms with Crippen molar-refractivity contribution in [1.82, 2.24) is 9.38 Å². The normalized spacial score (nSPS) is 10.7. The molecule has 0 radical (unpaired) electrons. The van der Waals surface area contributed by atoms with E-state index >= 15 is 0 Å². The minimum Gasteiger partial charge on any atom is -0.497 e. The molecule has 0 aliphatic rings. The lowest BCUT2D eigenvalue weighted by molar-refractivity contribution is 0.299. The molecule has 0 amide bonds. The number of pyridine rings is 1. The zero-order chi connectivity index (χ0) is 13.9. The average Bonchev–Trinajstić information content (AvgIpc) is 2.88.